The van der Waals surface area contributed by atoms with Crippen LogP contribution in [-0.2, 0) is 0 Å². The standard InChI is InChI=1S/C10H20N4S2/c1-5-6-11-7-8(2)15-10-13-12-9(16-10)14(3)4/h8,11H,5-7H2,1-4H3. The predicted octanol–water partition coefficient (Wildman–Crippen LogP) is 2.08. The first-order valence-corrected chi connectivity index (χ1v) is 7.21. The van der Waals surface area contributed by atoms with Gasteiger partial charge in [-0.15, -0.1) is 10.2 Å². The van der Waals surface area contributed by atoms with Crippen LogP contribution in [0.2, 0.25) is 0 Å². The molecular weight excluding hydrogens is 240 g/mol. The maximum atomic E-state index is 4.17. The van der Waals surface area contributed by atoms with Gasteiger partial charge in [0.25, 0.3) is 0 Å². The predicted molar refractivity (Wildman–Crippen MR) is 72.7 cm³/mol. The Morgan fingerprint density at radius 1 is 1.44 bits per heavy atom. The topological polar surface area (TPSA) is 41.1 Å². The Labute approximate surface area is 106 Å². The Morgan fingerprint density at radius 2 is 2.19 bits per heavy atom. The molecule has 0 aliphatic rings. The summed E-state index contributed by atoms with van der Waals surface area (Å²) >= 11 is 3.44. The Kier molecular flexibility index (Phi) is 6.08. The second-order valence-corrected chi connectivity index (χ2v) is 6.52. The summed E-state index contributed by atoms with van der Waals surface area (Å²) in [7, 11) is 3.97. The summed E-state index contributed by atoms with van der Waals surface area (Å²) < 4.78 is 1.05. The lowest BCUT2D eigenvalue weighted by Gasteiger charge is -2.09. The number of aromatic nitrogens is 2. The Balaban J connectivity index is 2.34. The van der Waals surface area contributed by atoms with E-state index in [4.69, 9.17) is 0 Å². The third-order valence-electron chi connectivity index (χ3n) is 1.94. The molecule has 1 aromatic rings. The zero-order valence-electron chi connectivity index (χ0n) is 10.4. The number of anilines is 1. The maximum Gasteiger partial charge on any atom is 0.208 e. The number of hydrogen-bond donors (Lipinski definition) is 1. The van der Waals surface area contributed by atoms with Crippen molar-refractivity contribution < 1.29 is 0 Å². The number of nitrogens with one attached hydrogen (secondary N) is 1. The second kappa shape index (κ2) is 7.09. The van der Waals surface area contributed by atoms with E-state index in [1.165, 1.54) is 6.42 Å². The van der Waals surface area contributed by atoms with Crippen molar-refractivity contribution in [2.75, 3.05) is 32.1 Å². The molecule has 1 aromatic heterocycles. The van der Waals surface area contributed by atoms with Crippen molar-refractivity contribution in [1.29, 1.82) is 0 Å². The van der Waals surface area contributed by atoms with Crippen LogP contribution in [0.1, 0.15) is 20.3 Å². The summed E-state index contributed by atoms with van der Waals surface area (Å²) in [4.78, 5) is 1.99. The van der Waals surface area contributed by atoms with E-state index in [-0.39, 0.29) is 0 Å². The second-order valence-electron chi connectivity index (χ2n) is 3.88. The largest absolute Gasteiger partial charge is 0.353 e. The third kappa shape index (κ3) is 4.67. The van der Waals surface area contributed by atoms with Gasteiger partial charge in [0.15, 0.2) is 4.34 Å². The van der Waals surface area contributed by atoms with E-state index in [0.717, 1.165) is 22.6 Å². The van der Waals surface area contributed by atoms with Crippen LogP contribution < -0.4 is 10.2 Å². The molecule has 0 bridgehead atoms. The SMILES string of the molecule is CCCNCC(C)Sc1nnc(N(C)C)s1. The van der Waals surface area contributed by atoms with Crippen molar-refractivity contribution in [2.45, 2.75) is 29.9 Å². The summed E-state index contributed by atoms with van der Waals surface area (Å²) in [6.07, 6.45) is 1.18. The molecule has 0 aromatic carbocycles. The quantitative estimate of drug-likeness (QED) is 0.600. The van der Waals surface area contributed by atoms with Gasteiger partial charge in [-0.3, -0.25) is 0 Å². The molecule has 0 amide bonds. The molecular formula is C10H20N4S2. The first kappa shape index (κ1) is 13.7. The van der Waals surface area contributed by atoms with Crippen molar-refractivity contribution in [1.82, 2.24) is 15.5 Å². The van der Waals surface area contributed by atoms with Gasteiger partial charge in [-0.25, -0.2) is 0 Å². The van der Waals surface area contributed by atoms with Crippen molar-refractivity contribution in [3.05, 3.63) is 0 Å². The molecule has 1 heterocycles. The highest BCUT2D eigenvalue weighted by molar-refractivity contribution is 8.01. The molecule has 0 spiro atoms. The van der Waals surface area contributed by atoms with E-state index in [1.807, 2.05) is 19.0 Å². The van der Waals surface area contributed by atoms with Crippen LogP contribution in [0.4, 0.5) is 5.13 Å². The fraction of sp³-hybridized carbons (Fsp3) is 0.800. The van der Waals surface area contributed by atoms with E-state index in [0.29, 0.717) is 5.25 Å². The first-order chi connectivity index (χ1) is 7.63. The molecule has 1 N–H and O–H groups in total. The lowest BCUT2D eigenvalue weighted by atomic mass is 10.4. The summed E-state index contributed by atoms with van der Waals surface area (Å²) in [5.41, 5.74) is 0. The lowest BCUT2D eigenvalue weighted by molar-refractivity contribution is 0.669. The highest BCUT2D eigenvalue weighted by Crippen LogP contribution is 2.29. The fourth-order valence-corrected chi connectivity index (χ4v) is 3.17. The van der Waals surface area contributed by atoms with Crippen LogP contribution in [0.25, 0.3) is 0 Å². The van der Waals surface area contributed by atoms with E-state index in [2.05, 4.69) is 29.4 Å². The number of thioether (sulfide) groups is 1. The molecule has 1 atom stereocenters. The smallest absolute Gasteiger partial charge is 0.208 e. The highest BCUT2D eigenvalue weighted by atomic mass is 32.2. The van der Waals surface area contributed by atoms with Crippen LogP contribution >= 0.6 is 23.1 Å². The van der Waals surface area contributed by atoms with E-state index < -0.39 is 0 Å². The molecule has 0 aliphatic carbocycles. The third-order valence-corrected chi connectivity index (χ3v) is 4.22. The van der Waals surface area contributed by atoms with Gasteiger partial charge < -0.3 is 10.2 Å². The van der Waals surface area contributed by atoms with E-state index >= 15 is 0 Å². The molecule has 92 valence electrons. The molecule has 16 heavy (non-hydrogen) atoms. The van der Waals surface area contributed by atoms with Gasteiger partial charge in [-0.1, -0.05) is 36.9 Å². The van der Waals surface area contributed by atoms with Gasteiger partial charge in [0.2, 0.25) is 5.13 Å². The summed E-state index contributed by atoms with van der Waals surface area (Å²) in [5.74, 6) is 0. The van der Waals surface area contributed by atoms with Crippen molar-refractivity contribution >= 4 is 28.2 Å². The van der Waals surface area contributed by atoms with Crippen LogP contribution in [0.5, 0.6) is 0 Å². The Hall–Kier alpha value is -0.330. The van der Waals surface area contributed by atoms with Gasteiger partial charge in [-0.2, -0.15) is 0 Å². The lowest BCUT2D eigenvalue weighted by Crippen LogP contribution is -2.23. The maximum absolute atomic E-state index is 4.17. The Bertz CT molecular complexity index is 301. The van der Waals surface area contributed by atoms with Crippen LogP contribution in [0, 0.1) is 0 Å². The van der Waals surface area contributed by atoms with E-state index in [1.54, 1.807) is 23.1 Å². The monoisotopic (exact) mass is 260 g/mol. The van der Waals surface area contributed by atoms with Gasteiger partial charge in [0, 0.05) is 25.9 Å². The molecule has 0 saturated carbocycles. The normalized spacial score (nSPS) is 12.8. The summed E-state index contributed by atoms with van der Waals surface area (Å²) in [6.45, 7) is 6.50. The van der Waals surface area contributed by atoms with Crippen LogP contribution in [0.3, 0.4) is 0 Å². The average Bonchev–Trinajstić information content (AvgIpc) is 2.66. The molecule has 4 nitrogen and oxygen atoms in total. The average molecular weight is 260 g/mol. The van der Waals surface area contributed by atoms with Gasteiger partial charge in [0.1, 0.15) is 0 Å². The first-order valence-electron chi connectivity index (χ1n) is 5.51. The van der Waals surface area contributed by atoms with Crippen LogP contribution in [-0.4, -0.2) is 42.6 Å². The summed E-state index contributed by atoms with van der Waals surface area (Å²) in [6, 6.07) is 0. The van der Waals surface area contributed by atoms with Gasteiger partial charge >= 0.3 is 0 Å². The molecule has 1 rings (SSSR count). The fourth-order valence-electron chi connectivity index (χ4n) is 1.13. The molecule has 0 fully saturated rings. The molecule has 6 heteroatoms. The number of hydrogen-bond acceptors (Lipinski definition) is 6. The summed E-state index contributed by atoms with van der Waals surface area (Å²) in [5, 5.41) is 13.2. The van der Waals surface area contributed by atoms with Crippen LogP contribution in [0.15, 0.2) is 4.34 Å². The zero-order chi connectivity index (χ0) is 12.0. The van der Waals surface area contributed by atoms with Gasteiger partial charge in [-0.05, 0) is 13.0 Å². The van der Waals surface area contributed by atoms with Gasteiger partial charge in [0.05, 0.1) is 0 Å². The van der Waals surface area contributed by atoms with E-state index in [9.17, 15) is 0 Å². The minimum atomic E-state index is 0.537. The number of rotatable bonds is 7. The van der Waals surface area contributed by atoms with Crippen molar-refractivity contribution in [3.63, 3.8) is 0 Å². The highest BCUT2D eigenvalue weighted by Gasteiger charge is 2.10. The van der Waals surface area contributed by atoms with Crippen molar-refractivity contribution in [3.8, 4) is 0 Å². The Morgan fingerprint density at radius 3 is 2.75 bits per heavy atom. The number of nitrogens with zero attached hydrogens (tertiary/aromatic N) is 3. The van der Waals surface area contributed by atoms with Crippen molar-refractivity contribution in [2.24, 2.45) is 0 Å². The zero-order valence-corrected chi connectivity index (χ0v) is 12.0. The molecule has 0 saturated heterocycles. The molecule has 0 aliphatic heterocycles. The molecule has 1 unspecified atom stereocenters. The minimum Gasteiger partial charge on any atom is -0.353 e. The minimum absolute atomic E-state index is 0.537. The molecule has 0 radical (unpaired) electrons.